The van der Waals surface area contributed by atoms with Crippen LogP contribution >= 0.6 is 0 Å². The second kappa shape index (κ2) is 2.07. The van der Waals surface area contributed by atoms with E-state index in [1.54, 1.807) is 0 Å². The van der Waals surface area contributed by atoms with Gasteiger partial charge in [0.05, 0.1) is 0 Å². The Balaban J connectivity index is 2.83. The van der Waals surface area contributed by atoms with E-state index in [2.05, 4.69) is 10.1 Å². The summed E-state index contributed by atoms with van der Waals surface area (Å²) in [4.78, 5) is 15.1. The Labute approximate surface area is 66.4 Å². The van der Waals surface area contributed by atoms with Gasteiger partial charge in [0.2, 0.25) is 11.2 Å². The minimum atomic E-state index is -0.274. The number of oxazole rings is 1. The molecule has 12 heavy (non-hydrogen) atoms. The van der Waals surface area contributed by atoms with Gasteiger partial charge < -0.3 is 9.62 Å². The molecule has 0 aromatic carbocycles. The minimum absolute atomic E-state index is 0.0880. The Hall–Kier alpha value is -1.85. The molecular formula is C6H5N3O3. The van der Waals surface area contributed by atoms with Crippen molar-refractivity contribution in [3.8, 4) is 0 Å². The third kappa shape index (κ3) is 0.714. The molecule has 6 nitrogen and oxygen atoms in total. The normalized spacial score (nSPS) is 10.8. The molecule has 0 amide bonds. The molecule has 0 fully saturated rings. The van der Waals surface area contributed by atoms with Crippen LogP contribution in [0.5, 0.6) is 0 Å². The fourth-order valence-electron chi connectivity index (χ4n) is 0.962. The summed E-state index contributed by atoms with van der Waals surface area (Å²) in [5.74, 6) is -0.274. The highest BCUT2D eigenvalue weighted by molar-refractivity contribution is 6.01. The molecule has 0 bridgehead atoms. The van der Waals surface area contributed by atoms with Crippen molar-refractivity contribution in [1.29, 1.82) is 0 Å². The molecule has 0 aliphatic heterocycles. The highest BCUT2D eigenvalue weighted by atomic mass is 16.5. The van der Waals surface area contributed by atoms with Crippen molar-refractivity contribution in [3.05, 3.63) is 12.1 Å². The Morgan fingerprint density at radius 3 is 3.17 bits per heavy atom. The van der Waals surface area contributed by atoms with Gasteiger partial charge in [-0.25, -0.2) is 0 Å². The highest BCUT2D eigenvalue weighted by Crippen LogP contribution is 2.15. The highest BCUT2D eigenvalue weighted by Gasteiger charge is 2.17. The molecule has 2 heterocycles. The first-order chi connectivity index (χ1) is 5.70. The summed E-state index contributed by atoms with van der Waals surface area (Å²) in [5.41, 5.74) is 0.454. The monoisotopic (exact) mass is 167 g/mol. The second-order valence-corrected chi connectivity index (χ2v) is 2.30. The SMILES string of the molecule is CC(=O)c1nn(O)c2ncoc12. The lowest BCUT2D eigenvalue weighted by molar-refractivity contribution is 0.0996. The molecule has 0 saturated carbocycles. The van der Waals surface area contributed by atoms with Gasteiger partial charge in [0.1, 0.15) is 0 Å². The summed E-state index contributed by atoms with van der Waals surface area (Å²) in [5, 5.41) is 12.6. The molecule has 0 unspecified atom stereocenters. The number of fused-ring (bicyclic) bond motifs is 1. The Bertz CT molecular complexity index is 442. The topological polar surface area (TPSA) is 81.2 Å². The van der Waals surface area contributed by atoms with Crippen LogP contribution in [0.15, 0.2) is 10.8 Å². The van der Waals surface area contributed by atoms with E-state index in [9.17, 15) is 4.79 Å². The first kappa shape index (κ1) is 6.84. The lowest BCUT2D eigenvalue weighted by atomic mass is 10.3. The molecule has 2 rings (SSSR count). The molecule has 62 valence electrons. The predicted molar refractivity (Wildman–Crippen MR) is 37.0 cm³/mol. The zero-order valence-electron chi connectivity index (χ0n) is 6.18. The number of hydrogen-bond acceptors (Lipinski definition) is 5. The van der Waals surface area contributed by atoms with Gasteiger partial charge in [0.15, 0.2) is 17.9 Å². The number of aromatic nitrogens is 3. The first-order valence-electron chi connectivity index (χ1n) is 3.22. The van der Waals surface area contributed by atoms with Gasteiger partial charge in [0, 0.05) is 6.92 Å². The van der Waals surface area contributed by atoms with E-state index in [0.717, 1.165) is 6.39 Å². The summed E-state index contributed by atoms with van der Waals surface area (Å²) in [6, 6.07) is 0. The molecule has 6 heteroatoms. The predicted octanol–water partition coefficient (Wildman–Crippen LogP) is 0.464. The van der Waals surface area contributed by atoms with E-state index >= 15 is 0 Å². The van der Waals surface area contributed by atoms with Gasteiger partial charge in [-0.2, -0.15) is 4.98 Å². The van der Waals surface area contributed by atoms with Gasteiger partial charge in [-0.05, 0) is 0 Å². The van der Waals surface area contributed by atoms with Crippen molar-refractivity contribution < 1.29 is 14.4 Å². The molecule has 2 aromatic rings. The zero-order valence-corrected chi connectivity index (χ0v) is 6.18. The molecule has 0 saturated heterocycles. The molecule has 0 spiro atoms. The first-order valence-corrected chi connectivity index (χ1v) is 3.22. The number of nitrogens with zero attached hydrogens (tertiary/aromatic N) is 3. The van der Waals surface area contributed by atoms with Crippen molar-refractivity contribution in [2.75, 3.05) is 0 Å². The largest absolute Gasteiger partial charge is 0.439 e. The van der Waals surface area contributed by atoms with Crippen LogP contribution in [-0.4, -0.2) is 25.9 Å². The smallest absolute Gasteiger partial charge is 0.238 e. The molecule has 0 radical (unpaired) electrons. The standard InChI is InChI=1S/C6H5N3O3/c1-3(10)4-5-6(7-2-12-5)9(11)8-4/h2,11H,1H3. The van der Waals surface area contributed by atoms with Crippen LogP contribution in [0.2, 0.25) is 0 Å². The van der Waals surface area contributed by atoms with Gasteiger partial charge in [0.25, 0.3) is 0 Å². The van der Waals surface area contributed by atoms with Gasteiger partial charge in [-0.15, -0.1) is 5.10 Å². The van der Waals surface area contributed by atoms with Crippen LogP contribution in [0.3, 0.4) is 0 Å². The average molecular weight is 167 g/mol. The molecule has 2 aromatic heterocycles. The summed E-state index contributed by atoms with van der Waals surface area (Å²) in [7, 11) is 0. The maximum Gasteiger partial charge on any atom is 0.238 e. The Kier molecular flexibility index (Phi) is 1.18. The van der Waals surface area contributed by atoms with E-state index in [0.29, 0.717) is 4.85 Å². The number of carbonyl (C=O) groups excluding carboxylic acids is 1. The molecular weight excluding hydrogens is 162 g/mol. The fourth-order valence-corrected chi connectivity index (χ4v) is 0.962. The van der Waals surface area contributed by atoms with E-state index in [1.807, 2.05) is 0 Å². The number of rotatable bonds is 1. The second-order valence-electron chi connectivity index (χ2n) is 2.30. The van der Waals surface area contributed by atoms with Crippen LogP contribution in [0.25, 0.3) is 11.2 Å². The Morgan fingerprint density at radius 1 is 1.75 bits per heavy atom. The van der Waals surface area contributed by atoms with Crippen molar-refractivity contribution in [1.82, 2.24) is 14.9 Å². The van der Waals surface area contributed by atoms with Crippen molar-refractivity contribution >= 4 is 17.0 Å². The van der Waals surface area contributed by atoms with Crippen molar-refractivity contribution in [3.63, 3.8) is 0 Å². The van der Waals surface area contributed by atoms with Gasteiger partial charge in [-0.3, -0.25) is 4.79 Å². The summed E-state index contributed by atoms with van der Waals surface area (Å²) in [6.07, 6.45) is 1.14. The van der Waals surface area contributed by atoms with E-state index in [-0.39, 0.29) is 22.7 Å². The van der Waals surface area contributed by atoms with Gasteiger partial charge >= 0.3 is 0 Å². The van der Waals surface area contributed by atoms with Crippen LogP contribution < -0.4 is 0 Å². The zero-order chi connectivity index (χ0) is 8.72. The summed E-state index contributed by atoms with van der Waals surface area (Å²) in [6.45, 7) is 1.34. The maximum absolute atomic E-state index is 10.9. The lowest BCUT2D eigenvalue weighted by Gasteiger charge is -1.84. The van der Waals surface area contributed by atoms with Crippen LogP contribution in [0.4, 0.5) is 0 Å². The fraction of sp³-hybridized carbons (Fsp3) is 0.167. The third-order valence-corrected chi connectivity index (χ3v) is 1.48. The number of ketones is 1. The maximum atomic E-state index is 10.9. The Morgan fingerprint density at radius 2 is 2.50 bits per heavy atom. The van der Waals surface area contributed by atoms with Gasteiger partial charge in [-0.1, -0.05) is 4.85 Å². The van der Waals surface area contributed by atoms with Crippen LogP contribution in [-0.2, 0) is 0 Å². The molecule has 0 aliphatic rings. The number of carbonyl (C=O) groups is 1. The van der Waals surface area contributed by atoms with Crippen molar-refractivity contribution in [2.24, 2.45) is 0 Å². The summed E-state index contributed by atoms with van der Waals surface area (Å²) >= 11 is 0. The number of hydrogen-bond donors (Lipinski definition) is 1. The van der Waals surface area contributed by atoms with E-state index in [1.165, 1.54) is 6.92 Å². The molecule has 0 aliphatic carbocycles. The van der Waals surface area contributed by atoms with Crippen molar-refractivity contribution in [2.45, 2.75) is 6.92 Å². The van der Waals surface area contributed by atoms with Crippen LogP contribution in [0.1, 0.15) is 17.4 Å². The average Bonchev–Trinajstić information content (AvgIpc) is 2.53. The third-order valence-electron chi connectivity index (χ3n) is 1.48. The molecule has 0 atom stereocenters. The lowest BCUT2D eigenvalue weighted by Crippen LogP contribution is -1.97. The minimum Gasteiger partial charge on any atom is -0.439 e. The number of Topliss-reactive ketones (excluding diaryl/α,β-unsaturated/α-hetero) is 1. The quantitative estimate of drug-likeness (QED) is 0.493. The van der Waals surface area contributed by atoms with Crippen LogP contribution in [0, 0.1) is 0 Å². The van der Waals surface area contributed by atoms with E-state index in [4.69, 9.17) is 9.62 Å². The summed E-state index contributed by atoms with van der Waals surface area (Å²) < 4.78 is 4.86. The molecule has 1 N–H and O–H groups in total. The van der Waals surface area contributed by atoms with E-state index < -0.39 is 0 Å².